The van der Waals surface area contributed by atoms with E-state index in [2.05, 4.69) is 37.6 Å². The lowest BCUT2D eigenvalue weighted by molar-refractivity contribution is 0.289. The Kier molecular flexibility index (Phi) is 2.28. The Labute approximate surface area is 63.0 Å². The third-order valence-electron chi connectivity index (χ3n) is 2.02. The first kappa shape index (κ1) is 7.55. The van der Waals surface area contributed by atoms with Crippen LogP contribution >= 0.6 is 0 Å². The summed E-state index contributed by atoms with van der Waals surface area (Å²) < 4.78 is 0. The SMILES string of the molecule is C=C(C)C1CC=CCN1C. The van der Waals surface area contributed by atoms with Gasteiger partial charge in [0, 0.05) is 12.6 Å². The Morgan fingerprint density at radius 1 is 1.60 bits per heavy atom. The molecule has 0 aromatic rings. The average molecular weight is 137 g/mol. The summed E-state index contributed by atoms with van der Waals surface area (Å²) in [7, 11) is 2.14. The van der Waals surface area contributed by atoms with Gasteiger partial charge in [-0.25, -0.2) is 0 Å². The maximum atomic E-state index is 3.95. The van der Waals surface area contributed by atoms with Crippen molar-refractivity contribution in [2.24, 2.45) is 0 Å². The van der Waals surface area contributed by atoms with Gasteiger partial charge in [0.05, 0.1) is 0 Å². The van der Waals surface area contributed by atoms with Crippen molar-refractivity contribution in [2.45, 2.75) is 19.4 Å². The van der Waals surface area contributed by atoms with Crippen LogP contribution in [0.1, 0.15) is 13.3 Å². The zero-order valence-electron chi connectivity index (χ0n) is 6.80. The predicted octanol–water partition coefficient (Wildman–Crippen LogP) is 1.82. The number of rotatable bonds is 1. The second kappa shape index (κ2) is 3.02. The minimum absolute atomic E-state index is 0.574. The lowest BCUT2D eigenvalue weighted by Crippen LogP contribution is -2.34. The normalized spacial score (nSPS) is 26.8. The summed E-state index contributed by atoms with van der Waals surface area (Å²) in [5.41, 5.74) is 1.27. The van der Waals surface area contributed by atoms with Crippen LogP contribution in [0.3, 0.4) is 0 Å². The molecule has 1 heteroatoms. The second-order valence-electron chi connectivity index (χ2n) is 3.01. The molecule has 10 heavy (non-hydrogen) atoms. The molecule has 0 aromatic carbocycles. The first-order valence-electron chi connectivity index (χ1n) is 3.72. The first-order valence-corrected chi connectivity index (χ1v) is 3.72. The number of nitrogens with zero attached hydrogens (tertiary/aromatic N) is 1. The minimum Gasteiger partial charge on any atom is -0.296 e. The van der Waals surface area contributed by atoms with Crippen LogP contribution in [-0.2, 0) is 0 Å². The molecule has 0 N–H and O–H groups in total. The molecule has 0 bridgehead atoms. The van der Waals surface area contributed by atoms with Gasteiger partial charge in [0.15, 0.2) is 0 Å². The predicted molar refractivity (Wildman–Crippen MR) is 45.0 cm³/mol. The van der Waals surface area contributed by atoms with E-state index in [1.165, 1.54) is 5.57 Å². The number of likely N-dealkylation sites (N-methyl/N-ethyl adjacent to an activating group) is 1. The van der Waals surface area contributed by atoms with Crippen molar-refractivity contribution in [1.82, 2.24) is 4.90 Å². The Hall–Kier alpha value is -0.560. The van der Waals surface area contributed by atoms with Crippen LogP contribution < -0.4 is 0 Å². The molecule has 1 unspecified atom stereocenters. The number of hydrogen-bond donors (Lipinski definition) is 0. The van der Waals surface area contributed by atoms with Gasteiger partial charge in [0.25, 0.3) is 0 Å². The maximum absolute atomic E-state index is 3.95. The van der Waals surface area contributed by atoms with E-state index in [1.807, 2.05) is 0 Å². The molecule has 0 aromatic heterocycles. The summed E-state index contributed by atoms with van der Waals surface area (Å²) in [6.45, 7) is 7.12. The fourth-order valence-electron chi connectivity index (χ4n) is 1.35. The molecule has 0 saturated heterocycles. The Balaban J connectivity index is 2.59. The molecule has 0 fully saturated rings. The van der Waals surface area contributed by atoms with Gasteiger partial charge in [-0.2, -0.15) is 0 Å². The molecular weight excluding hydrogens is 122 g/mol. The zero-order chi connectivity index (χ0) is 7.56. The maximum Gasteiger partial charge on any atom is 0.0337 e. The second-order valence-corrected chi connectivity index (χ2v) is 3.01. The summed E-state index contributed by atoms with van der Waals surface area (Å²) in [6, 6.07) is 0.574. The highest BCUT2D eigenvalue weighted by Gasteiger charge is 2.14. The Bertz CT molecular complexity index is 158. The molecule has 0 radical (unpaired) electrons. The molecule has 1 aliphatic heterocycles. The van der Waals surface area contributed by atoms with E-state index in [-0.39, 0.29) is 0 Å². The van der Waals surface area contributed by atoms with Gasteiger partial charge in [-0.15, -0.1) is 0 Å². The molecule has 1 atom stereocenters. The van der Waals surface area contributed by atoms with E-state index in [9.17, 15) is 0 Å². The van der Waals surface area contributed by atoms with Gasteiger partial charge >= 0.3 is 0 Å². The summed E-state index contributed by atoms with van der Waals surface area (Å²) in [6.07, 6.45) is 5.57. The van der Waals surface area contributed by atoms with Gasteiger partial charge < -0.3 is 0 Å². The van der Waals surface area contributed by atoms with Crippen LogP contribution in [0.15, 0.2) is 24.3 Å². The molecule has 0 spiro atoms. The van der Waals surface area contributed by atoms with Crippen LogP contribution in [0.2, 0.25) is 0 Å². The zero-order valence-corrected chi connectivity index (χ0v) is 6.80. The van der Waals surface area contributed by atoms with E-state index in [1.54, 1.807) is 0 Å². The van der Waals surface area contributed by atoms with Crippen LogP contribution in [0.4, 0.5) is 0 Å². The standard InChI is InChI=1S/C9H15N/c1-8(2)9-6-4-5-7-10(9)3/h4-5,9H,1,6-7H2,2-3H3. The molecule has 56 valence electrons. The van der Waals surface area contributed by atoms with Gasteiger partial charge in [0.2, 0.25) is 0 Å². The third kappa shape index (κ3) is 1.48. The molecule has 0 aliphatic carbocycles. The van der Waals surface area contributed by atoms with Crippen molar-refractivity contribution in [1.29, 1.82) is 0 Å². The molecular formula is C9H15N. The number of hydrogen-bond acceptors (Lipinski definition) is 1. The third-order valence-corrected chi connectivity index (χ3v) is 2.02. The van der Waals surface area contributed by atoms with Crippen molar-refractivity contribution in [3.05, 3.63) is 24.3 Å². The summed E-state index contributed by atoms with van der Waals surface area (Å²) in [5.74, 6) is 0. The largest absolute Gasteiger partial charge is 0.296 e. The van der Waals surface area contributed by atoms with Crippen molar-refractivity contribution >= 4 is 0 Å². The lowest BCUT2D eigenvalue weighted by Gasteiger charge is -2.29. The molecule has 1 rings (SSSR count). The Morgan fingerprint density at radius 3 is 2.70 bits per heavy atom. The lowest BCUT2D eigenvalue weighted by atomic mass is 10.0. The molecule has 1 nitrogen and oxygen atoms in total. The van der Waals surface area contributed by atoms with Gasteiger partial charge in [0.1, 0.15) is 0 Å². The highest BCUT2D eigenvalue weighted by atomic mass is 15.1. The highest BCUT2D eigenvalue weighted by molar-refractivity contribution is 5.09. The topological polar surface area (TPSA) is 3.24 Å². The first-order chi connectivity index (χ1) is 4.72. The van der Waals surface area contributed by atoms with Gasteiger partial charge in [-0.05, 0) is 20.4 Å². The molecule has 0 saturated carbocycles. The van der Waals surface area contributed by atoms with E-state index in [0.717, 1.165) is 13.0 Å². The Morgan fingerprint density at radius 2 is 2.30 bits per heavy atom. The smallest absolute Gasteiger partial charge is 0.0337 e. The van der Waals surface area contributed by atoms with Gasteiger partial charge in [-0.1, -0.05) is 24.3 Å². The van der Waals surface area contributed by atoms with Crippen molar-refractivity contribution in [3.63, 3.8) is 0 Å². The van der Waals surface area contributed by atoms with E-state index in [0.29, 0.717) is 6.04 Å². The summed E-state index contributed by atoms with van der Waals surface area (Å²) in [4.78, 5) is 2.32. The van der Waals surface area contributed by atoms with Crippen LogP contribution in [0, 0.1) is 0 Å². The molecule has 0 amide bonds. The average Bonchev–Trinajstić information content (AvgIpc) is 1.88. The minimum atomic E-state index is 0.574. The van der Waals surface area contributed by atoms with Crippen molar-refractivity contribution in [2.75, 3.05) is 13.6 Å². The van der Waals surface area contributed by atoms with Crippen LogP contribution in [0.25, 0.3) is 0 Å². The quantitative estimate of drug-likeness (QED) is 0.498. The van der Waals surface area contributed by atoms with E-state index >= 15 is 0 Å². The summed E-state index contributed by atoms with van der Waals surface area (Å²) >= 11 is 0. The van der Waals surface area contributed by atoms with Crippen LogP contribution in [-0.4, -0.2) is 24.5 Å². The van der Waals surface area contributed by atoms with Crippen molar-refractivity contribution in [3.8, 4) is 0 Å². The highest BCUT2D eigenvalue weighted by Crippen LogP contribution is 2.14. The molecule has 1 aliphatic rings. The van der Waals surface area contributed by atoms with Crippen LogP contribution in [0.5, 0.6) is 0 Å². The fraction of sp³-hybridized carbons (Fsp3) is 0.556. The van der Waals surface area contributed by atoms with Gasteiger partial charge in [-0.3, -0.25) is 4.90 Å². The van der Waals surface area contributed by atoms with E-state index < -0.39 is 0 Å². The fourth-order valence-corrected chi connectivity index (χ4v) is 1.35. The van der Waals surface area contributed by atoms with Crippen molar-refractivity contribution < 1.29 is 0 Å². The van der Waals surface area contributed by atoms with E-state index in [4.69, 9.17) is 0 Å². The molecule has 1 heterocycles. The summed E-state index contributed by atoms with van der Waals surface area (Å²) in [5, 5.41) is 0. The monoisotopic (exact) mass is 137 g/mol.